The molecule has 1 aromatic rings. The SMILES string of the molecule is Cc1ccc(CN2CCCC(O)C2)c(C(F)(F)F)c1. The summed E-state index contributed by atoms with van der Waals surface area (Å²) < 4.78 is 39.0. The van der Waals surface area contributed by atoms with Crippen LogP contribution in [0.1, 0.15) is 29.5 Å². The van der Waals surface area contributed by atoms with Gasteiger partial charge in [0.1, 0.15) is 0 Å². The molecule has 19 heavy (non-hydrogen) atoms. The fraction of sp³-hybridized carbons (Fsp3) is 0.571. The lowest BCUT2D eigenvalue weighted by Crippen LogP contribution is -2.38. The van der Waals surface area contributed by atoms with Gasteiger partial charge < -0.3 is 5.11 Å². The Hall–Kier alpha value is -1.07. The second kappa shape index (κ2) is 5.51. The number of nitrogens with zero attached hydrogens (tertiary/aromatic N) is 1. The number of aliphatic hydroxyl groups excluding tert-OH is 1. The Kier molecular flexibility index (Phi) is 4.16. The van der Waals surface area contributed by atoms with E-state index in [4.69, 9.17) is 0 Å². The van der Waals surface area contributed by atoms with Crippen LogP contribution in [-0.4, -0.2) is 29.2 Å². The number of aryl methyl sites for hydroxylation is 1. The summed E-state index contributed by atoms with van der Waals surface area (Å²) in [4.78, 5) is 1.88. The Bertz CT molecular complexity index is 445. The number of rotatable bonds is 2. The quantitative estimate of drug-likeness (QED) is 0.895. The summed E-state index contributed by atoms with van der Waals surface area (Å²) in [6.45, 7) is 3.09. The summed E-state index contributed by atoms with van der Waals surface area (Å²) in [7, 11) is 0. The molecule has 1 unspecified atom stereocenters. The summed E-state index contributed by atoms with van der Waals surface area (Å²) in [6, 6.07) is 4.43. The molecule has 1 fully saturated rings. The van der Waals surface area contributed by atoms with Gasteiger partial charge in [0, 0.05) is 13.1 Å². The third-order valence-corrected chi connectivity index (χ3v) is 3.45. The predicted molar refractivity (Wildman–Crippen MR) is 66.7 cm³/mol. The second-order valence-corrected chi connectivity index (χ2v) is 5.19. The maximum absolute atomic E-state index is 13.0. The largest absolute Gasteiger partial charge is 0.416 e. The molecule has 1 aliphatic rings. The number of halogens is 3. The smallest absolute Gasteiger partial charge is 0.392 e. The molecule has 0 aliphatic carbocycles. The van der Waals surface area contributed by atoms with E-state index in [0.717, 1.165) is 19.4 Å². The van der Waals surface area contributed by atoms with Crippen LogP contribution in [0, 0.1) is 6.92 Å². The number of hydrogen-bond donors (Lipinski definition) is 1. The van der Waals surface area contributed by atoms with E-state index in [1.54, 1.807) is 19.1 Å². The van der Waals surface area contributed by atoms with E-state index < -0.39 is 17.8 Å². The third kappa shape index (κ3) is 3.70. The minimum absolute atomic E-state index is 0.242. The van der Waals surface area contributed by atoms with Crippen molar-refractivity contribution in [2.24, 2.45) is 0 Å². The van der Waals surface area contributed by atoms with Gasteiger partial charge in [0.2, 0.25) is 0 Å². The van der Waals surface area contributed by atoms with Crippen molar-refractivity contribution in [3.8, 4) is 0 Å². The van der Waals surface area contributed by atoms with Gasteiger partial charge in [-0.25, -0.2) is 0 Å². The topological polar surface area (TPSA) is 23.5 Å². The minimum Gasteiger partial charge on any atom is -0.392 e. The average Bonchev–Trinajstić information content (AvgIpc) is 2.30. The summed E-state index contributed by atoms with van der Waals surface area (Å²) in [5.74, 6) is 0. The van der Waals surface area contributed by atoms with Gasteiger partial charge in [-0.3, -0.25) is 4.90 Å². The van der Waals surface area contributed by atoms with Crippen molar-refractivity contribution in [2.45, 2.75) is 38.6 Å². The molecule has 0 saturated carbocycles. The van der Waals surface area contributed by atoms with E-state index >= 15 is 0 Å². The van der Waals surface area contributed by atoms with Crippen LogP contribution in [0.4, 0.5) is 13.2 Å². The molecule has 1 heterocycles. The monoisotopic (exact) mass is 273 g/mol. The number of hydrogen-bond acceptors (Lipinski definition) is 2. The summed E-state index contributed by atoms with van der Waals surface area (Å²) >= 11 is 0. The predicted octanol–water partition coefficient (Wildman–Crippen LogP) is 2.97. The van der Waals surface area contributed by atoms with Crippen LogP contribution in [0.2, 0.25) is 0 Å². The van der Waals surface area contributed by atoms with Crippen molar-refractivity contribution in [1.29, 1.82) is 0 Å². The number of alkyl halides is 3. The van der Waals surface area contributed by atoms with Gasteiger partial charge in [-0.1, -0.05) is 17.7 Å². The molecule has 2 rings (SSSR count). The molecule has 1 saturated heterocycles. The molecule has 0 radical (unpaired) electrons. The number of β-amino-alcohol motifs (C(OH)–C–C–N with tert-alkyl or cyclic N) is 1. The zero-order chi connectivity index (χ0) is 14.0. The molecule has 2 nitrogen and oxygen atoms in total. The van der Waals surface area contributed by atoms with Crippen LogP contribution in [0.25, 0.3) is 0 Å². The molecule has 1 aliphatic heterocycles. The van der Waals surface area contributed by atoms with Gasteiger partial charge in [-0.2, -0.15) is 13.2 Å². The molecular weight excluding hydrogens is 255 g/mol. The van der Waals surface area contributed by atoms with Crippen molar-refractivity contribution < 1.29 is 18.3 Å². The van der Waals surface area contributed by atoms with Crippen molar-refractivity contribution >= 4 is 0 Å². The zero-order valence-electron chi connectivity index (χ0n) is 10.9. The molecule has 0 amide bonds. The maximum atomic E-state index is 13.0. The number of likely N-dealkylation sites (tertiary alicyclic amines) is 1. The Morgan fingerprint density at radius 3 is 2.74 bits per heavy atom. The highest BCUT2D eigenvalue weighted by molar-refractivity contribution is 5.33. The van der Waals surface area contributed by atoms with Gasteiger partial charge in [0.25, 0.3) is 0 Å². The van der Waals surface area contributed by atoms with Gasteiger partial charge in [0.05, 0.1) is 11.7 Å². The molecule has 1 aromatic carbocycles. The number of benzene rings is 1. The maximum Gasteiger partial charge on any atom is 0.416 e. The molecular formula is C14H18F3NO. The van der Waals surface area contributed by atoms with E-state index in [1.165, 1.54) is 6.07 Å². The van der Waals surface area contributed by atoms with Crippen LogP contribution < -0.4 is 0 Å². The number of piperidine rings is 1. The zero-order valence-corrected chi connectivity index (χ0v) is 10.9. The van der Waals surface area contributed by atoms with Crippen LogP contribution >= 0.6 is 0 Å². The van der Waals surface area contributed by atoms with Crippen molar-refractivity contribution in [3.63, 3.8) is 0 Å². The normalized spacial score (nSPS) is 21.6. The van der Waals surface area contributed by atoms with Crippen molar-refractivity contribution in [2.75, 3.05) is 13.1 Å². The highest BCUT2D eigenvalue weighted by atomic mass is 19.4. The highest BCUT2D eigenvalue weighted by Crippen LogP contribution is 2.33. The average molecular weight is 273 g/mol. The molecule has 0 bridgehead atoms. The molecule has 1 atom stereocenters. The first-order chi connectivity index (χ1) is 8.86. The van der Waals surface area contributed by atoms with Gasteiger partial charge in [-0.05, 0) is 37.9 Å². The Labute approximate surface area is 110 Å². The first-order valence-electron chi connectivity index (χ1n) is 6.43. The standard InChI is InChI=1S/C14H18F3NO/c1-10-4-5-11(13(7-10)14(15,16)17)8-18-6-2-3-12(19)9-18/h4-5,7,12,19H,2-3,6,8-9H2,1H3. The van der Waals surface area contributed by atoms with E-state index in [2.05, 4.69) is 0 Å². The van der Waals surface area contributed by atoms with Gasteiger partial charge >= 0.3 is 6.18 Å². The third-order valence-electron chi connectivity index (χ3n) is 3.45. The molecule has 5 heteroatoms. The lowest BCUT2D eigenvalue weighted by Gasteiger charge is -2.30. The van der Waals surface area contributed by atoms with Crippen LogP contribution in [0.3, 0.4) is 0 Å². The van der Waals surface area contributed by atoms with Crippen LogP contribution in [-0.2, 0) is 12.7 Å². The molecule has 0 spiro atoms. The van der Waals surface area contributed by atoms with Gasteiger partial charge in [-0.15, -0.1) is 0 Å². The second-order valence-electron chi connectivity index (χ2n) is 5.19. The first kappa shape index (κ1) is 14.3. The Balaban J connectivity index is 2.20. The molecule has 106 valence electrons. The lowest BCUT2D eigenvalue weighted by atomic mass is 10.0. The van der Waals surface area contributed by atoms with E-state index in [1.807, 2.05) is 4.90 Å². The van der Waals surface area contributed by atoms with Crippen molar-refractivity contribution in [1.82, 2.24) is 4.90 Å². The van der Waals surface area contributed by atoms with E-state index in [9.17, 15) is 18.3 Å². The fourth-order valence-electron chi connectivity index (χ4n) is 2.51. The Morgan fingerprint density at radius 2 is 2.11 bits per heavy atom. The van der Waals surface area contributed by atoms with E-state index in [-0.39, 0.29) is 12.1 Å². The first-order valence-corrected chi connectivity index (χ1v) is 6.43. The van der Waals surface area contributed by atoms with Crippen LogP contribution in [0.15, 0.2) is 18.2 Å². The minimum atomic E-state index is -4.32. The Morgan fingerprint density at radius 1 is 1.37 bits per heavy atom. The molecule has 0 aromatic heterocycles. The lowest BCUT2D eigenvalue weighted by molar-refractivity contribution is -0.138. The van der Waals surface area contributed by atoms with Crippen LogP contribution in [0.5, 0.6) is 0 Å². The van der Waals surface area contributed by atoms with Gasteiger partial charge in [0.15, 0.2) is 0 Å². The summed E-state index contributed by atoms with van der Waals surface area (Å²) in [6.07, 6.45) is -3.19. The fourth-order valence-corrected chi connectivity index (χ4v) is 2.51. The van der Waals surface area contributed by atoms with Crippen molar-refractivity contribution in [3.05, 3.63) is 34.9 Å². The molecule has 1 N–H and O–H groups in total. The number of aliphatic hydroxyl groups is 1. The van der Waals surface area contributed by atoms with E-state index in [0.29, 0.717) is 12.1 Å². The summed E-state index contributed by atoms with van der Waals surface area (Å²) in [5.41, 5.74) is 0.328. The summed E-state index contributed by atoms with van der Waals surface area (Å²) in [5, 5.41) is 9.57. The highest BCUT2D eigenvalue weighted by Gasteiger charge is 2.34.